The van der Waals surface area contributed by atoms with E-state index in [-0.39, 0.29) is 5.82 Å². The first kappa shape index (κ1) is 11.9. The molecule has 0 radical (unpaired) electrons. The molecule has 0 amide bonds. The van der Waals surface area contributed by atoms with Gasteiger partial charge in [0.25, 0.3) is 0 Å². The van der Waals surface area contributed by atoms with Crippen molar-refractivity contribution < 1.29 is 8.78 Å². The fourth-order valence-electron chi connectivity index (χ4n) is 1.43. The standard InChI is InChI=1S/C12H9ClF2N2/c1-8-7-10(12(13,14)15)17-11(16-8)9-5-3-2-4-6-9/h2-7H,1H3. The van der Waals surface area contributed by atoms with Crippen LogP contribution in [0.2, 0.25) is 0 Å². The first-order valence-corrected chi connectivity index (χ1v) is 5.33. The number of aryl methyl sites for hydroxylation is 1. The molecule has 0 atom stereocenters. The Morgan fingerprint density at radius 2 is 1.76 bits per heavy atom. The molecule has 1 heterocycles. The molecule has 1 aromatic heterocycles. The molecule has 0 unspecified atom stereocenters. The Hall–Kier alpha value is -1.55. The van der Waals surface area contributed by atoms with Crippen LogP contribution in [0.15, 0.2) is 36.4 Å². The number of hydrogen-bond donors (Lipinski definition) is 0. The summed E-state index contributed by atoms with van der Waals surface area (Å²) in [6.07, 6.45) is 0. The molecule has 0 fully saturated rings. The van der Waals surface area contributed by atoms with Gasteiger partial charge >= 0.3 is 5.38 Å². The molecule has 17 heavy (non-hydrogen) atoms. The highest BCUT2D eigenvalue weighted by Gasteiger charge is 2.30. The van der Waals surface area contributed by atoms with E-state index in [2.05, 4.69) is 9.97 Å². The zero-order valence-corrected chi connectivity index (χ0v) is 9.75. The van der Waals surface area contributed by atoms with E-state index in [9.17, 15) is 8.78 Å². The lowest BCUT2D eigenvalue weighted by Gasteiger charge is -2.09. The van der Waals surface area contributed by atoms with Gasteiger partial charge in [0.15, 0.2) is 5.82 Å². The van der Waals surface area contributed by atoms with E-state index in [0.717, 1.165) is 0 Å². The van der Waals surface area contributed by atoms with Gasteiger partial charge < -0.3 is 0 Å². The summed E-state index contributed by atoms with van der Waals surface area (Å²) in [7, 11) is 0. The summed E-state index contributed by atoms with van der Waals surface area (Å²) in [4.78, 5) is 7.90. The Balaban J connectivity index is 2.54. The fourth-order valence-corrected chi connectivity index (χ4v) is 1.53. The van der Waals surface area contributed by atoms with Crippen molar-refractivity contribution >= 4 is 11.6 Å². The van der Waals surface area contributed by atoms with Crippen LogP contribution in [0, 0.1) is 6.92 Å². The minimum Gasteiger partial charge on any atom is -0.233 e. The van der Waals surface area contributed by atoms with Gasteiger partial charge in [0, 0.05) is 11.3 Å². The molecule has 0 aliphatic rings. The van der Waals surface area contributed by atoms with Gasteiger partial charge in [-0.3, -0.25) is 0 Å². The molecule has 0 aliphatic heterocycles. The third kappa shape index (κ3) is 2.77. The summed E-state index contributed by atoms with van der Waals surface area (Å²) in [5.74, 6) is 0.251. The maximum absolute atomic E-state index is 13.0. The Kier molecular flexibility index (Phi) is 3.07. The summed E-state index contributed by atoms with van der Waals surface area (Å²) >= 11 is 4.97. The van der Waals surface area contributed by atoms with E-state index in [1.807, 2.05) is 6.07 Å². The number of nitrogens with zero attached hydrogens (tertiary/aromatic N) is 2. The number of halogens is 3. The Bertz CT molecular complexity index is 524. The monoisotopic (exact) mass is 254 g/mol. The maximum Gasteiger partial charge on any atom is 0.364 e. The normalized spacial score (nSPS) is 11.5. The highest BCUT2D eigenvalue weighted by atomic mass is 35.5. The van der Waals surface area contributed by atoms with E-state index in [1.54, 1.807) is 31.2 Å². The molecule has 0 aliphatic carbocycles. The molecule has 1 aromatic carbocycles. The molecule has 0 N–H and O–H groups in total. The van der Waals surface area contributed by atoms with Gasteiger partial charge in [-0.15, -0.1) is 0 Å². The smallest absolute Gasteiger partial charge is 0.233 e. The summed E-state index contributed by atoms with van der Waals surface area (Å²) in [5, 5.41) is -3.47. The van der Waals surface area contributed by atoms with Crippen LogP contribution in [0.3, 0.4) is 0 Å². The van der Waals surface area contributed by atoms with Gasteiger partial charge in [-0.05, 0) is 24.6 Å². The van der Waals surface area contributed by atoms with Crippen LogP contribution < -0.4 is 0 Å². The zero-order valence-electron chi connectivity index (χ0n) is 8.99. The Morgan fingerprint density at radius 3 is 2.35 bits per heavy atom. The third-order valence-corrected chi connectivity index (χ3v) is 2.37. The highest BCUT2D eigenvalue weighted by Crippen LogP contribution is 2.32. The van der Waals surface area contributed by atoms with E-state index in [1.165, 1.54) is 6.07 Å². The minimum absolute atomic E-state index is 0.251. The summed E-state index contributed by atoms with van der Waals surface area (Å²) in [5.41, 5.74) is 0.651. The Labute approximate surface area is 102 Å². The molecule has 0 saturated heterocycles. The predicted octanol–water partition coefficient (Wildman–Crippen LogP) is 3.74. The van der Waals surface area contributed by atoms with Crippen LogP contribution in [-0.2, 0) is 5.38 Å². The Morgan fingerprint density at radius 1 is 1.12 bits per heavy atom. The van der Waals surface area contributed by atoms with Gasteiger partial charge in [0.1, 0.15) is 5.69 Å². The third-order valence-electron chi connectivity index (χ3n) is 2.18. The molecule has 2 aromatic rings. The molecule has 0 saturated carbocycles. The second-order valence-corrected chi connectivity index (χ2v) is 4.06. The van der Waals surface area contributed by atoms with Crippen molar-refractivity contribution in [2.24, 2.45) is 0 Å². The average Bonchev–Trinajstić information content (AvgIpc) is 2.28. The SMILES string of the molecule is Cc1cc(C(F)(F)Cl)nc(-c2ccccc2)n1. The first-order valence-electron chi connectivity index (χ1n) is 4.95. The van der Waals surface area contributed by atoms with Gasteiger partial charge in [0.2, 0.25) is 0 Å². The van der Waals surface area contributed by atoms with Crippen molar-refractivity contribution in [1.82, 2.24) is 9.97 Å². The van der Waals surface area contributed by atoms with Crippen LogP contribution in [0.5, 0.6) is 0 Å². The lowest BCUT2D eigenvalue weighted by molar-refractivity contribution is 0.0898. The van der Waals surface area contributed by atoms with E-state index in [4.69, 9.17) is 11.6 Å². The largest absolute Gasteiger partial charge is 0.364 e. The van der Waals surface area contributed by atoms with Crippen molar-refractivity contribution in [2.75, 3.05) is 0 Å². The molecule has 0 spiro atoms. The van der Waals surface area contributed by atoms with Gasteiger partial charge in [-0.2, -0.15) is 8.78 Å². The molecule has 88 valence electrons. The maximum atomic E-state index is 13.0. The van der Waals surface area contributed by atoms with Crippen molar-refractivity contribution in [3.63, 3.8) is 0 Å². The van der Waals surface area contributed by atoms with Crippen LogP contribution in [-0.4, -0.2) is 9.97 Å². The van der Waals surface area contributed by atoms with Crippen LogP contribution in [0.1, 0.15) is 11.4 Å². The van der Waals surface area contributed by atoms with E-state index < -0.39 is 11.1 Å². The highest BCUT2D eigenvalue weighted by molar-refractivity contribution is 6.21. The molecular formula is C12H9ClF2N2. The second kappa shape index (κ2) is 4.37. The summed E-state index contributed by atoms with van der Waals surface area (Å²) < 4.78 is 26.0. The molecule has 0 bridgehead atoms. The van der Waals surface area contributed by atoms with Gasteiger partial charge in [-0.1, -0.05) is 30.3 Å². The quantitative estimate of drug-likeness (QED) is 0.763. The van der Waals surface area contributed by atoms with Crippen molar-refractivity contribution in [3.05, 3.63) is 47.8 Å². The van der Waals surface area contributed by atoms with E-state index in [0.29, 0.717) is 11.3 Å². The molecule has 5 heteroatoms. The lowest BCUT2D eigenvalue weighted by atomic mass is 10.2. The summed E-state index contributed by atoms with van der Waals surface area (Å²) in [6.45, 7) is 1.63. The number of hydrogen-bond acceptors (Lipinski definition) is 2. The van der Waals surface area contributed by atoms with Crippen LogP contribution in [0.4, 0.5) is 8.78 Å². The first-order chi connectivity index (χ1) is 7.97. The summed E-state index contributed by atoms with van der Waals surface area (Å²) in [6, 6.07) is 10.1. The fraction of sp³-hybridized carbons (Fsp3) is 0.167. The molecular weight excluding hydrogens is 246 g/mol. The lowest BCUT2D eigenvalue weighted by Crippen LogP contribution is -2.09. The zero-order chi connectivity index (χ0) is 12.5. The van der Waals surface area contributed by atoms with E-state index >= 15 is 0 Å². The molecule has 2 rings (SSSR count). The number of alkyl halides is 3. The topological polar surface area (TPSA) is 25.8 Å². The predicted molar refractivity (Wildman–Crippen MR) is 62.0 cm³/mol. The number of rotatable bonds is 2. The molecule has 2 nitrogen and oxygen atoms in total. The van der Waals surface area contributed by atoms with Crippen LogP contribution in [0.25, 0.3) is 11.4 Å². The second-order valence-electron chi connectivity index (χ2n) is 3.58. The minimum atomic E-state index is -3.47. The van der Waals surface area contributed by atoms with Crippen molar-refractivity contribution in [1.29, 1.82) is 0 Å². The van der Waals surface area contributed by atoms with Crippen LogP contribution >= 0.6 is 11.6 Å². The number of benzene rings is 1. The van der Waals surface area contributed by atoms with Gasteiger partial charge in [-0.25, -0.2) is 9.97 Å². The van der Waals surface area contributed by atoms with Crippen molar-refractivity contribution in [2.45, 2.75) is 12.3 Å². The van der Waals surface area contributed by atoms with Gasteiger partial charge in [0.05, 0.1) is 0 Å². The average molecular weight is 255 g/mol. The van der Waals surface area contributed by atoms with Crippen molar-refractivity contribution in [3.8, 4) is 11.4 Å². The number of aromatic nitrogens is 2.